The Morgan fingerprint density at radius 1 is 0.625 bits per heavy atom. The molecule has 0 N–H and O–H groups in total. The summed E-state index contributed by atoms with van der Waals surface area (Å²) in [7, 11) is 0. The van der Waals surface area contributed by atoms with E-state index in [0.717, 1.165) is 0 Å². The van der Waals surface area contributed by atoms with Crippen molar-refractivity contribution in [3.8, 4) is 0 Å². The van der Waals surface area contributed by atoms with Crippen molar-refractivity contribution >= 4 is 35.3 Å². The minimum absolute atomic E-state index is 0.375. The second kappa shape index (κ2) is 21.1. The normalized spacial score (nSPS) is 7.92. The molecule has 0 saturated heterocycles. The summed E-state index contributed by atoms with van der Waals surface area (Å²) in [6.07, 6.45) is -1.42. The third kappa shape index (κ3) is 71.8. The molecule has 0 radical (unpaired) electrons. The number of carboxylic acid groups (broad SMARTS) is 3. The summed E-state index contributed by atoms with van der Waals surface area (Å²) in [5.41, 5.74) is 0. The second-order valence-electron chi connectivity index (χ2n) is 4.11. The van der Waals surface area contributed by atoms with Crippen molar-refractivity contribution in [2.24, 2.45) is 0 Å². The van der Waals surface area contributed by atoms with Gasteiger partial charge in [0, 0.05) is 37.2 Å². The molecule has 0 amide bonds. The third-order valence-electron chi connectivity index (χ3n) is 1.18. The maximum atomic E-state index is 9.83. The predicted molar refractivity (Wildman–Crippen MR) is 71.4 cm³/mol. The number of carbonyl (C=O) groups is 6. The molecule has 0 spiro atoms. The molecule has 0 heterocycles. The Balaban J connectivity index is -0.000000115. The van der Waals surface area contributed by atoms with Crippen molar-refractivity contribution in [2.45, 2.75) is 51.7 Å². The van der Waals surface area contributed by atoms with Crippen LogP contribution in [0.5, 0.6) is 0 Å². The molecular weight excluding hydrogens is 360 g/mol. The summed E-state index contributed by atoms with van der Waals surface area (Å²) in [5, 5.41) is 28.4. The van der Waals surface area contributed by atoms with Crippen molar-refractivity contribution in [1.82, 2.24) is 0 Å². The van der Waals surface area contributed by atoms with Gasteiger partial charge in [0.25, 0.3) is 0 Å². The molecule has 0 aromatic heterocycles. The summed E-state index contributed by atoms with van der Waals surface area (Å²) < 4.78 is 1.25. The van der Waals surface area contributed by atoms with E-state index >= 15 is 0 Å². The SMILES string of the molecule is CC(=O)CC(=O)[O-].CC(=O)CC(=O)[O-].CC(=O)CC(=O)[O-].C[CH2][Ti+3]. The molecule has 0 atom stereocenters. The number of Topliss-reactive ketones (excluding diaryl/α,β-unsaturated/α-hetero) is 3. The average Bonchev–Trinajstić information content (AvgIpc) is 2.24. The number of hydrogen-bond donors (Lipinski definition) is 0. The number of carboxylic acids is 3. The van der Waals surface area contributed by atoms with Gasteiger partial charge in [-0.3, -0.25) is 14.4 Å². The number of ketones is 3. The van der Waals surface area contributed by atoms with Gasteiger partial charge in [-0.2, -0.15) is 0 Å². The van der Waals surface area contributed by atoms with Crippen LogP contribution in [0.1, 0.15) is 47.0 Å². The molecule has 9 nitrogen and oxygen atoms in total. The zero-order valence-corrected chi connectivity index (χ0v) is 15.6. The van der Waals surface area contributed by atoms with Crippen molar-refractivity contribution < 1.29 is 64.5 Å². The number of rotatable bonds is 6. The van der Waals surface area contributed by atoms with Gasteiger partial charge in [0.15, 0.2) is 0 Å². The fraction of sp³-hybridized carbons (Fsp3) is 0.571. The Morgan fingerprint density at radius 2 is 0.750 bits per heavy atom. The molecule has 0 bridgehead atoms. The first-order valence-corrected chi connectivity index (χ1v) is 7.62. The fourth-order valence-corrected chi connectivity index (χ4v) is 0.610. The van der Waals surface area contributed by atoms with E-state index in [1.807, 2.05) is 0 Å². The molecule has 0 aromatic rings. The average molecular weight is 380 g/mol. The molecular formula is C14H20O9Ti. The zero-order valence-electron chi connectivity index (χ0n) is 14.0. The first-order chi connectivity index (χ1) is 10.8. The monoisotopic (exact) mass is 380 g/mol. The van der Waals surface area contributed by atoms with Crippen LogP contribution in [0.4, 0.5) is 0 Å². The molecule has 134 valence electrons. The van der Waals surface area contributed by atoms with Gasteiger partial charge in [0.1, 0.15) is 17.3 Å². The molecule has 0 saturated carbocycles. The summed E-state index contributed by atoms with van der Waals surface area (Å²) in [5.74, 6) is -5.06. The molecule has 0 unspecified atom stereocenters. The van der Waals surface area contributed by atoms with Crippen LogP contribution in [-0.2, 0) is 49.2 Å². The Hall–Kier alpha value is -1.87. The first kappa shape index (κ1) is 30.1. The first-order valence-electron chi connectivity index (χ1n) is 6.52. The summed E-state index contributed by atoms with van der Waals surface area (Å²) in [6, 6.07) is 0. The zero-order chi connectivity index (χ0) is 20.3. The van der Waals surface area contributed by atoms with E-state index in [1.165, 1.54) is 25.5 Å². The summed E-state index contributed by atoms with van der Waals surface area (Å²) >= 11 is 2.12. The summed E-state index contributed by atoms with van der Waals surface area (Å²) in [4.78, 5) is 57.9. The van der Waals surface area contributed by atoms with Gasteiger partial charge in [-0.1, -0.05) is 0 Å². The Bertz CT molecular complexity index is 332. The van der Waals surface area contributed by atoms with Crippen LogP contribution in [0.15, 0.2) is 0 Å². The van der Waals surface area contributed by atoms with E-state index in [9.17, 15) is 44.1 Å². The molecule has 0 aliphatic heterocycles. The van der Waals surface area contributed by atoms with Gasteiger partial charge >= 0.3 is 32.1 Å². The van der Waals surface area contributed by atoms with E-state index in [1.54, 1.807) is 0 Å². The number of carbonyl (C=O) groups excluding carboxylic acids is 6. The van der Waals surface area contributed by atoms with Gasteiger partial charge < -0.3 is 29.7 Å². The van der Waals surface area contributed by atoms with Crippen LogP contribution in [0, 0.1) is 0 Å². The van der Waals surface area contributed by atoms with E-state index in [2.05, 4.69) is 27.4 Å². The molecule has 0 aliphatic carbocycles. The third-order valence-corrected chi connectivity index (χ3v) is 1.18. The van der Waals surface area contributed by atoms with Crippen LogP contribution in [0.3, 0.4) is 0 Å². The van der Waals surface area contributed by atoms with Crippen LogP contribution in [-0.4, -0.2) is 35.3 Å². The molecule has 0 aliphatic rings. The van der Waals surface area contributed by atoms with Gasteiger partial charge in [-0.25, -0.2) is 0 Å². The van der Waals surface area contributed by atoms with Crippen molar-refractivity contribution in [3.05, 3.63) is 0 Å². The molecule has 0 rings (SSSR count). The Kier molecular flexibility index (Phi) is 26.5. The van der Waals surface area contributed by atoms with Gasteiger partial charge in [0.2, 0.25) is 0 Å². The second-order valence-corrected chi connectivity index (χ2v) is 5.21. The van der Waals surface area contributed by atoms with Gasteiger partial charge in [-0.05, 0) is 20.8 Å². The van der Waals surface area contributed by atoms with Gasteiger partial charge in [-0.15, -0.1) is 0 Å². The van der Waals surface area contributed by atoms with E-state index in [-0.39, 0.29) is 17.3 Å². The van der Waals surface area contributed by atoms with E-state index < -0.39 is 37.2 Å². The fourth-order valence-electron chi connectivity index (χ4n) is 0.610. The van der Waals surface area contributed by atoms with E-state index in [4.69, 9.17) is 0 Å². The molecule has 0 aromatic carbocycles. The number of aliphatic carboxylic acids is 3. The van der Waals surface area contributed by atoms with E-state index in [0.29, 0.717) is 0 Å². The van der Waals surface area contributed by atoms with Crippen LogP contribution in [0.25, 0.3) is 0 Å². The minimum atomic E-state index is -1.31. The summed E-state index contributed by atoms with van der Waals surface area (Å²) in [6.45, 7) is 5.74. The molecule has 10 heteroatoms. The van der Waals surface area contributed by atoms with Gasteiger partial charge in [0.05, 0.1) is 0 Å². The van der Waals surface area contributed by atoms with Crippen LogP contribution >= 0.6 is 0 Å². The van der Waals surface area contributed by atoms with Crippen molar-refractivity contribution in [2.75, 3.05) is 0 Å². The Labute approximate surface area is 151 Å². The van der Waals surface area contributed by atoms with Crippen molar-refractivity contribution in [1.29, 1.82) is 0 Å². The predicted octanol–water partition coefficient (Wildman–Crippen LogP) is -2.88. The topological polar surface area (TPSA) is 172 Å². The number of hydrogen-bond acceptors (Lipinski definition) is 9. The van der Waals surface area contributed by atoms with Crippen LogP contribution < -0.4 is 15.3 Å². The molecule has 24 heavy (non-hydrogen) atoms. The standard InChI is InChI=1S/3C4H6O3.C2H5.Ti/c3*1-3(5)2-4(6)7;1-2;/h3*2H2,1H3,(H,6,7);1H2,2H3;/q;;;;+3/p-3. The maximum absolute atomic E-state index is 9.83. The Morgan fingerprint density at radius 3 is 0.750 bits per heavy atom. The molecule has 0 fully saturated rings. The quantitative estimate of drug-likeness (QED) is 0.346. The van der Waals surface area contributed by atoms with Crippen LogP contribution in [0.2, 0.25) is 4.73 Å². The van der Waals surface area contributed by atoms with Crippen molar-refractivity contribution in [3.63, 3.8) is 0 Å².